The number of hydrogen-bond acceptors (Lipinski definition) is 1. The molecule has 0 fully saturated rings. The van der Waals surface area contributed by atoms with Gasteiger partial charge in [0.25, 0.3) is 0 Å². The van der Waals surface area contributed by atoms with Crippen LogP contribution in [-0.4, -0.2) is 4.98 Å². The van der Waals surface area contributed by atoms with E-state index in [1.54, 1.807) is 0 Å². The Balaban J connectivity index is 1.69. The van der Waals surface area contributed by atoms with Gasteiger partial charge >= 0.3 is 0 Å². The second kappa shape index (κ2) is 8.66. The van der Waals surface area contributed by atoms with Gasteiger partial charge in [-0.15, -0.1) is 0 Å². The van der Waals surface area contributed by atoms with Crippen LogP contribution in [0.3, 0.4) is 0 Å². The normalized spacial score (nSPS) is 11.6. The summed E-state index contributed by atoms with van der Waals surface area (Å²) in [5.41, 5.74) is 6.74. The Hall–Kier alpha value is -4.56. The number of H-pyrrole nitrogens is 1. The van der Waals surface area contributed by atoms with Crippen molar-refractivity contribution in [2.75, 3.05) is 4.90 Å². The zero-order valence-corrected chi connectivity index (χ0v) is 19.7. The smallest absolute Gasteiger partial charge is 0.0540 e. The summed E-state index contributed by atoms with van der Waals surface area (Å²) >= 11 is 0. The van der Waals surface area contributed by atoms with Crippen molar-refractivity contribution in [2.45, 2.75) is 6.92 Å². The van der Waals surface area contributed by atoms with Crippen LogP contribution in [0.4, 0.5) is 17.1 Å². The number of nitrogens with zero attached hydrogens (tertiary/aromatic N) is 1. The average Bonchev–Trinajstić information content (AvgIpc) is 3.26. The van der Waals surface area contributed by atoms with Crippen molar-refractivity contribution in [2.24, 2.45) is 0 Å². The molecule has 0 unspecified atom stereocenters. The molecule has 6 aromatic rings. The molecule has 0 aliphatic rings. The first-order valence-corrected chi connectivity index (χ1v) is 11.9. The molecule has 5 aromatic carbocycles. The minimum atomic E-state index is 1.04. The van der Waals surface area contributed by atoms with Crippen molar-refractivity contribution in [1.82, 2.24) is 4.98 Å². The Morgan fingerprint density at radius 1 is 0.686 bits per heavy atom. The molecule has 0 radical (unpaired) electrons. The Labute approximate surface area is 205 Å². The lowest BCUT2D eigenvalue weighted by molar-refractivity contribution is 1.32. The zero-order valence-electron chi connectivity index (χ0n) is 19.7. The second-order valence-corrected chi connectivity index (χ2v) is 8.72. The number of allylic oxidation sites excluding steroid dienone is 1. The van der Waals surface area contributed by atoms with Crippen LogP contribution in [0.2, 0.25) is 0 Å². The minimum Gasteiger partial charge on any atom is -0.355 e. The summed E-state index contributed by atoms with van der Waals surface area (Å²) in [5, 5.41) is 6.07. The van der Waals surface area contributed by atoms with Crippen LogP contribution in [0.25, 0.3) is 44.6 Å². The summed E-state index contributed by atoms with van der Waals surface area (Å²) in [4.78, 5) is 5.91. The molecule has 0 bridgehead atoms. The quantitative estimate of drug-likeness (QED) is 0.277. The minimum absolute atomic E-state index is 1.04. The van der Waals surface area contributed by atoms with Crippen molar-refractivity contribution in [3.05, 3.63) is 127 Å². The van der Waals surface area contributed by atoms with E-state index in [-0.39, 0.29) is 0 Å². The van der Waals surface area contributed by atoms with Gasteiger partial charge in [0.15, 0.2) is 0 Å². The number of aromatic nitrogens is 1. The number of fused-ring (bicyclic) bond motifs is 3. The van der Waals surface area contributed by atoms with Gasteiger partial charge in [-0.1, -0.05) is 91.5 Å². The summed E-state index contributed by atoms with van der Waals surface area (Å²) in [6.45, 7) is 6.06. The standard InChI is InChI=1S/C33H26N2/c1-3-11-28-29-22-25(20-21-31(29)34-30(28)4-2)35(32-18-9-14-23-12-5-7-16-26(23)32)33-19-10-15-24-13-6-8-17-27(24)33/h3-22,34H,2H2,1H3/b11-3-. The third-order valence-electron chi connectivity index (χ3n) is 6.66. The van der Waals surface area contributed by atoms with Crippen LogP contribution >= 0.6 is 0 Å². The molecule has 0 spiro atoms. The molecular formula is C33H26N2. The Morgan fingerprint density at radius 2 is 1.29 bits per heavy atom. The summed E-state index contributed by atoms with van der Waals surface area (Å²) in [6.07, 6.45) is 6.12. The van der Waals surface area contributed by atoms with Crippen LogP contribution in [-0.2, 0) is 0 Å². The van der Waals surface area contributed by atoms with Crippen molar-refractivity contribution in [1.29, 1.82) is 0 Å². The van der Waals surface area contributed by atoms with Gasteiger partial charge < -0.3 is 9.88 Å². The zero-order chi connectivity index (χ0) is 23.8. The third kappa shape index (κ3) is 3.51. The highest BCUT2D eigenvalue weighted by Crippen LogP contribution is 2.43. The predicted molar refractivity (Wildman–Crippen MR) is 153 cm³/mol. The van der Waals surface area contributed by atoms with Gasteiger partial charge in [-0.25, -0.2) is 0 Å². The number of anilines is 3. The topological polar surface area (TPSA) is 19.0 Å². The molecule has 168 valence electrons. The predicted octanol–water partition coefficient (Wildman–Crippen LogP) is 9.62. The molecule has 0 atom stereocenters. The van der Waals surface area contributed by atoms with E-state index < -0.39 is 0 Å². The molecular weight excluding hydrogens is 424 g/mol. The molecule has 0 amide bonds. The lowest BCUT2D eigenvalue weighted by Gasteiger charge is -2.28. The van der Waals surface area contributed by atoms with Crippen LogP contribution in [0, 0.1) is 0 Å². The van der Waals surface area contributed by atoms with E-state index in [1.165, 1.54) is 26.9 Å². The maximum atomic E-state index is 4.01. The molecule has 2 nitrogen and oxygen atoms in total. The third-order valence-corrected chi connectivity index (χ3v) is 6.66. The summed E-state index contributed by atoms with van der Waals surface area (Å²) in [6, 6.07) is 36.9. The number of hydrogen-bond donors (Lipinski definition) is 1. The maximum Gasteiger partial charge on any atom is 0.0540 e. The highest BCUT2D eigenvalue weighted by molar-refractivity contribution is 6.06. The van der Waals surface area contributed by atoms with Crippen molar-refractivity contribution >= 4 is 61.7 Å². The largest absolute Gasteiger partial charge is 0.355 e. The second-order valence-electron chi connectivity index (χ2n) is 8.72. The van der Waals surface area contributed by atoms with Gasteiger partial charge in [0, 0.05) is 38.6 Å². The van der Waals surface area contributed by atoms with E-state index in [0.29, 0.717) is 0 Å². The fraction of sp³-hybridized carbons (Fsp3) is 0.0303. The fourth-order valence-electron chi connectivity index (χ4n) is 5.08. The Bertz CT molecular complexity index is 1650. The van der Waals surface area contributed by atoms with Gasteiger partial charge in [0.05, 0.1) is 11.4 Å². The number of rotatable bonds is 5. The van der Waals surface area contributed by atoms with Crippen molar-refractivity contribution < 1.29 is 0 Å². The number of aromatic amines is 1. The fourth-order valence-corrected chi connectivity index (χ4v) is 5.08. The summed E-state index contributed by atoms with van der Waals surface area (Å²) in [7, 11) is 0. The summed E-state index contributed by atoms with van der Waals surface area (Å²) in [5.74, 6) is 0. The molecule has 0 saturated heterocycles. The highest BCUT2D eigenvalue weighted by atomic mass is 15.1. The van der Waals surface area contributed by atoms with E-state index in [2.05, 4.69) is 132 Å². The van der Waals surface area contributed by atoms with Gasteiger partial charge in [0.1, 0.15) is 0 Å². The average molecular weight is 451 g/mol. The summed E-state index contributed by atoms with van der Waals surface area (Å²) < 4.78 is 0. The van der Waals surface area contributed by atoms with Crippen LogP contribution in [0.1, 0.15) is 18.2 Å². The first-order chi connectivity index (χ1) is 17.3. The van der Waals surface area contributed by atoms with Gasteiger partial charge in [-0.3, -0.25) is 0 Å². The van der Waals surface area contributed by atoms with Gasteiger partial charge in [-0.2, -0.15) is 0 Å². The molecule has 35 heavy (non-hydrogen) atoms. The molecule has 6 rings (SSSR count). The first kappa shape index (κ1) is 21.0. The Kier molecular flexibility index (Phi) is 5.20. The lowest BCUT2D eigenvalue weighted by atomic mass is 10.0. The van der Waals surface area contributed by atoms with E-state index >= 15 is 0 Å². The first-order valence-electron chi connectivity index (χ1n) is 11.9. The van der Waals surface area contributed by atoms with Crippen LogP contribution in [0.5, 0.6) is 0 Å². The van der Waals surface area contributed by atoms with Crippen LogP contribution < -0.4 is 4.90 Å². The van der Waals surface area contributed by atoms with Crippen molar-refractivity contribution in [3.8, 4) is 0 Å². The number of benzene rings is 5. The maximum absolute atomic E-state index is 4.01. The van der Waals surface area contributed by atoms with E-state index in [4.69, 9.17) is 0 Å². The monoisotopic (exact) mass is 450 g/mol. The van der Waals surface area contributed by atoms with Crippen molar-refractivity contribution in [3.63, 3.8) is 0 Å². The van der Waals surface area contributed by atoms with Gasteiger partial charge in [-0.05, 0) is 54.1 Å². The Morgan fingerprint density at radius 3 is 1.89 bits per heavy atom. The van der Waals surface area contributed by atoms with E-state index in [0.717, 1.165) is 33.8 Å². The lowest BCUT2D eigenvalue weighted by Crippen LogP contribution is -2.11. The molecule has 0 aliphatic heterocycles. The van der Waals surface area contributed by atoms with E-state index in [1.807, 2.05) is 13.0 Å². The van der Waals surface area contributed by atoms with Crippen LogP contribution in [0.15, 0.2) is 116 Å². The number of nitrogens with one attached hydrogen (secondary N) is 1. The highest BCUT2D eigenvalue weighted by Gasteiger charge is 2.19. The molecule has 1 heterocycles. The SMILES string of the molecule is C=Cc1[nH]c2ccc(N(c3cccc4ccccc34)c3cccc4ccccc34)cc2c1/C=C\C. The molecule has 1 N–H and O–H groups in total. The molecule has 2 heteroatoms. The molecule has 0 aliphatic carbocycles. The van der Waals surface area contributed by atoms with E-state index in [9.17, 15) is 0 Å². The molecule has 1 aromatic heterocycles. The van der Waals surface area contributed by atoms with Gasteiger partial charge in [0.2, 0.25) is 0 Å². The molecule has 0 saturated carbocycles.